The molecule has 0 aliphatic rings. The van der Waals surface area contributed by atoms with Crippen molar-refractivity contribution < 1.29 is 0 Å². The van der Waals surface area contributed by atoms with Gasteiger partial charge in [-0.3, -0.25) is 0 Å². The lowest BCUT2D eigenvalue weighted by Crippen LogP contribution is -2.11. The molecular formula is C27H22N2. The van der Waals surface area contributed by atoms with Gasteiger partial charge in [0.2, 0.25) is 0 Å². The molecule has 0 unspecified atom stereocenters. The second kappa shape index (κ2) is 7.06. The van der Waals surface area contributed by atoms with Crippen molar-refractivity contribution in [3.05, 3.63) is 108 Å². The quantitative estimate of drug-likeness (QED) is 0.304. The van der Waals surface area contributed by atoms with Gasteiger partial charge in [0.05, 0.1) is 16.7 Å². The van der Waals surface area contributed by atoms with Crippen LogP contribution in [-0.4, -0.2) is 4.98 Å². The Balaban J connectivity index is 1.95. The van der Waals surface area contributed by atoms with Crippen LogP contribution in [0.5, 0.6) is 0 Å². The Bertz CT molecular complexity index is 1210. The first-order valence-electron chi connectivity index (χ1n) is 9.92. The third-order valence-electron chi connectivity index (χ3n) is 5.31. The molecule has 0 amide bonds. The summed E-state index contributed by atoms with van der Waals surface area (Å²) >= 11 is 0. The van der Waals surface area contributed by atoms with Crippen molar-refractivity contribution in [1.29, 1.82) is 0 Å². The number of nitrogens with zero attached hydrogens (tertiary/aromatic N) is 2. The van der Waals surface area contributed by atoms with Crippen molar-refractivity contribution in [3.8, 4) is 0 Å². The molecule has 0 radical (unpaired) electrons. The molecule has 2 nitrogen and oxygen atoms in total. The van der Waals surface area contributed by atoms with Crippen molar-refractivity contribution in [2.24, 2.45) is 0 Å². The normalized spacial score (nSPS) is 11.1. The Morgan fingerprint density at radius 2 is 1.00 bits per heavy atom. The first-order valence-corrected chi connectivity index (χ1v) is 9.92. The van der Waals surface area contributed by atoms with E-state index in [1.807, 2.05) is 0 Å². The molecule has 0 aliphatic carbocycles. The number of para-hydroxylation sites is 2. The van der Waals surface area contributed by atoms with Crippen LogP contribution in [0.1, 0.15) is 11.1 Å². The topological polar surface area (TPSA) is 16.1 Å². The van der Waals surface area contributed by atoms with Crippen LogP contribution in [0.4, 0.5) is 17.1 Å². The zero-order valence-corrected chi connectivity index (χ0v) is 16.6. The maximum absolute atomic E-state index is 4.96. The van der Waals surface area contributed by atoms with Crippen molar-refractivity contribution >= 4 is 38.9 Å². The number of anilines is 3. The van der Waals surface area contributed by atoms with Crippen LogP contribution in [0.3, 0.4) is 0 Å². The Morgan fingerprint density at radius 3 is 1.45 bits per heavy atom. The second-order valence-electron chi connectivity index (χ2n) is 7.51. The number of benzene rings is 4. The third-order valence-corrected chi connectivity index (χ3v) is 5.31. The summed E-state index contributed by atoms with van der Waals surface area (Å²) in [7, 11) is 0. The molecule has 0 fully saturated rings. The molecule has 140 valence electrons. The highest BCUT2D eigenvalue weighted by molar-refractivity contribution is 6.11. The lowest BCUT2D eigenvalue weighted by Gasteiger charge is -2.28. The fourth-order valence-electron chi connectivity index (χ4n) is 3.95. The van der Waals surface area contributed by atoms with Gasteiger partial charge in [0, 0.05) is 22.1 Å². The lowest BCUT2D eigenvalue weighted by molar-refractivity contribution is 1.30. The van der Waals surface area contributed by atoms with Crippen molar-refractivity contribution in [3.63, 3.8) is 0 Å². The van der Waals surface area contributed by atoms with Crippen LogP contribution in [0, 0.1) is 13.8 Å². The second-order valence-corrected chi connectivity index (χ2v) is 7.51. The average molecular weight is 374 g/mol. The zero-order valence-electron chi connectivity index (χ0n) is 16.6. The molecule has 4 aromatic carbocycles. The van der Waals surface area contributed by atoms with Crippen LogP contribution in [0.2, 0.25) is 0 Å². The zero-order chi connectivity index (χ0) is 19.8. The van der Waals surface area contributed by atoms with E-state index >= 15 is 0 Å². The highest BCUT2D eigenvalue weighted by Crippen LogP contribution is 2.42. The van der Waals surface area contributed by atoms with Gasteiger partial charge in [-0.25, -0.2) is 4.98 Å². The summed E-state index contributed by atoms with van der Waals surface area (Å²) in [6.45, 7) is 4.28. The van der Waals surface area contributed by atoms with Crippen molar-refractivity contribution in [2.75, 3.05) is 4.90 Å². The summed E-state index contributed by atoms with van der Waals surface area (Å²) in [5, 5.41) is 2.33. The van der Waals surface area contributed by atoms with Gasteiger partial charge in [-0.2, -0.15) is 0 Å². The molecule has 1 aromatic heterocycles. The van der Waals surface area contributed by atoms with E-state index in [-0.39, 0.29) is 0 Å². The van der Waals surface area contributed by atoms with Gasteiger partial charge in [-0.05, 0) is 62.4 Å². The average Bonchev–Trinajstić information content (AvgIpc) is 2.76. The van der Waals surface area contributed by atoms with Gasteiger partial charge in [-0.15, -0.1) is 0 Å². The van der Waals surface area contributed by atoms with E-state index in [2.05, 4.69) is 116 Å². The standard InChI is InChI=1S/C27H22N2/c1-19-13-15-25-23(17-19)27(24-18-20(2)14-16-26(24)28-25)29(21-9-5-3-6-10-21)22-11-7-4-8-12-22/h3-18H,1-2H3. The van der Waals surface area contributed by atoms with Crippen LogP contribution in [0.15, 0.2) is 97.1 Å². The molecule has 0 aliphatic heterocycles. The van der Waals surface area contributed by atoms with E-state index in [1.54, 1.807) is 0 Å². The van der Waals surface area contributed by atoms with Gasteiger partial charge in [0.15, 0.2) is 0 Å². The summed E-state index contributed by atoms with van der Waals surface area (Å²) < 4.78 is 0. The van der Waals surface area contributed by atoms with E-state index in [0.717, 1.165) is 33.2 Å². The maximum atomic E-state index is 4.96. The minimum Gasteiger partial charge on any atom is -0.309 e. The van der Waals surface area contributed by atoms with Crippen LogP contribution < -0.4 is 4.90 Å². The summed E-state index contributed by atoms with van der Waals surface area (Å²) in [6, 6.07) is 34.2. The number of fused-ring (bicyclic) bond motifs is 2. The van der Waals surface area contributed by atoms with Gasteiger partial charge in [0.25, 0.3) is 0 Å². The molecule has 5 aromatic rings. The largest absolute Gasteiger partial charge is 0.309 e. The Morgan fingerprint density at radius 1 is 0.552 bits per heavy atom. The van der Waals surface area contributed by atoms with Crippen molar-refractivity contribution in [1.82, 2.24) is 4.98 Å². The minimum absolute atomic E-state index is 1.01. The number of rotatable bonds is 3. The molecular weight excluding hydrogens is 352 g/mol. The van der Waals surface area contributed by atoms with Gasteiger partial charge < -0.3 is 4.90 Å². The Hall–Kier alpha value is -3.65. The van der Waals surface area contributed by atoms with E-state index in [4.69, 9.17) is 4.98 Å². The Kier molecular flexibility index (Phi) is 4.25. The summed E-state index contributed by atoms with van der Waals surface area (Å²) in [6.07, 6.45) is 0. The van der Waals surface area contributed by atoms with Gasteiger partial charge >= 0.3 is 0 Å². The molecule has 1 heterocycles. The fourth-order valence-corrected chi connectivity index (χ4v) is 3.95. The molecule has 0 N–H and O–H groups in total. The highest BCUT2D eigenvalue weighted by atomic mass is 15.1. The van der Waals surface area contributed by atoms with E-state index in [0.29, 0.717) is 0 Å². The first-order chi connectivity index (χ1) is 14.2. The SMILES string of the molecule is Cc1ccc2nc3ccc(C)cc3c(N(c3ccccc3)c3ccccc3)c2c1. The highest BCUT2D eigenvalue weighted by Gasteiger charge is 2.19. The predicted octanol–water partition coefficient (Wildman–Crippen LogP) is 7.47. The number of aryl methyl sites for hydroxylation is 2. The minimum atomic E-state index is 1.01. The number of hydrogen-bond acceptors (Lipinski definition) is 2. The molecule has 0 atom stereocenters. The van der Waals surface area contributed by atoms with E-state index < -0.39 is 0 Å². The van der Waals surface area contributed by atoms with E-state index in [1.165, 1.54) is 16.8 Å². The predicted molar refractivity (Wildman–Crippen MR) is 123 cm³/mol. The van der Waals surface area contributed by atoms with E-state index in [9.17, 15) is 0 Å². The number of pyridine rings is 1. The molecule has 0 saturated carbocycles. The summed E-state index contributed by atoms with van der Waals surface area (Å²) in [5.74, 6) is 0. The van der Waals surface area contributed by atoms with Crippen LogP contribution in [0.25, 0.3) is 21.8 Å². The molecule has 0 bridgehead atoms. The molecule has 0 saturated heterocycles. The molecule has 29 heavy (non-hydrogen) atoms. The fraction of sp³-hybridized carbons (Fsp3) is 0.0741. The van der Waals surface area contributed by atoms with Gasteiger partial charge in [0.1, 0.15) is 0 Å². The maximum Gasteiger partial charge on any atom is 0.0731 e. The lowest BCUT2D eigenvalue weighted by atomic mass is 10.0. The first kappa shape index (κ1) is 17.4. The Labute approximate surface area is 171 Å². The van der Waals surface area contributed by atoms with Crippen LogP contribution in [-0.2, 0) is 0 Å². The monoisotopic (exact) mass is 374 g/mol. The smallest absolute Gasteiger partial charge is 0.0731 e. The molecule has 0 spiro atoms. The number of aromatic nitrogens is 1. The van der Waals surface area contributed by atoms with Crippen LogP contribution >= 0.6 is 0 Å². The third kappa shape index (κ3) is 3.13. The summed E-state index contributed by atoms with van der Waals surface area (Å²) in [4.78, 5) is 7.32. The molecule has 2 heteroatoms. The molecule has 5 rings (SSSR count). The van der Waals surface area contributed by atoms with Crippen molar-refractivity contribution in [2.45, 2.75) is 13.8 Å². The number of hydrogen-bond donors (Lipinski definition) is 0. The summed E-state index contributed by atoms with van der Waals surface area (Å²) in [5.41, 5.74) is 7.93. The van der Waals surface area contributed by atoms with Gasteiger partial charge in [-0.1, -0.05) is 59.7 Å².